The largest absolute Gasteiger partial charge is 0.335 e. The van der Waals surface area contributed by atoms with Gasteiger partial charge in [0.15, 0.2) is 5.82 Å². The van der Waals surface area contributed by atoms with Crippen molar-refractivity contribution in [1.29, 1.82) is 0 Å². The van der Waals surface area contributed by atoms with Gasteiger partial charge < -0.3 is 4.98 Å². The first kappa shape index (κ1) is 16.4. The van der Waals surface area contributed by atoms with Crippen LogP contribution in [0.3, 0.4) is 0 Å². The highest BCUT2D eigenvalue weighted by molar-refractivity contribution is 8.02. The van der Waals surface area contributed by atoms with Crippen LogP contribution in [0.25, 0.3) is 50.3 Å². The molecule has 6 rings (SSSR count). The standard InChI is InChI=1S/C21H15N7S/c1-4-22-5-2-12(1)16-7-14-17(10-24-16)27-28-20(14)21-25-18-9-23-8-15(19(18)26-21)13-3-6-29-11-13/h1-2,4-5,7-11H,3,6H2,(H,25,26)(H,27,28). The van der Waals surface area contributed by atoms with Crippen LogP contribution in [0.1, 0.15) is 12.0 Å². The van der Waals surface area contributed by atoms with Crippen LogP contribution in [-0.2, 0) is 0 Å². The van der Waals surface area contributed by atoms with E-state index in [4.69, 9.17) is 4.98 Å². The Balaban J connectivity index is 1.51. The monoisotopic (exact) mass is 397 g/mol. The van der Waals surface area contributed by atoms with E-state index >= 15 is 0 Å². The smallest absolute Gasteiger partial charge is 0.159 e. The van der Waals surface area contributed by atoms with Crippen molar-refractivity contribution in [3.8, 4) is 22.8 Å². The fraction of sp³-hybridized carbons (Fsp3) is 0.0952. The highest BCUT2D eigenvalue weighted by Gasteiger charge is 2.18. The van der Waals surface area contributed by atoms with Crippen molar-refractivity contribution >= 4 is 39.3 Å². The Morgan fingerprint density at radius 2 is 1.93 bits per heavy atom. The van der Waals surface area contributed by atoms with Gasteiger partial charge in [0.2, 0.25) is 0 Å². The first-order valence-corrected chi connectivity index (χ1v) is 10.3. The van der Waals surface area contributed by atoms with Crippen molar-refractivity contribution in [3.63, 3.8) is 0 Å². The van der Waals surface area contributed by atoms with Gasteiger partial charge in [0.05, 0.1) is 34.6 Å². The number of fused-ring (bicyclic) bond motifs is 2. The van der Waals surface area contributed by atoms with Crippen molar-refractivity contribution in [1.82, 2.24) is 35.1 Å². The lowest BCUT2D eigenvalue weighted by molar-refractivity contribution is 1.10. The molecule has 2 N–H and O–H groups in total. The molecule has 0 bridgehead atoms. The van der Waals surface area contributed by atoms with Crippen LogP contribution >= 0.6 is 11.8 Å². The molecule has 0 saturated carbocycles. The summed E-state index contributed by atoms with van der Waals surface area (Å²) in [6, 6.07) is 5.92. The average Bonchev–Trinajstić information content (AvgIpc) is 3.52. The summed E-state index contributed by atoms with van der Waals surface area (Å²) < 4.78 is 0. The SMILES string of the molecule is C1=C(c2cncc3[nH]c(-c4n[nH]c5cnc(-c6ccncc6)cc45)nc23)CCS1. The summed E-state index contributed by atoms with van der Waals surface area (Å²) in [4.78, 5) is 21.3. The van der Waals surface area contributed by atoms with Gasteiger partial charge in [-0.2, -0.15) is 5.10 Å². The Kier molecular flexibility index (Phi) is 3.70. The van der Waals surface area contributed by atoms with Crippen LogP contribution in [0, 0.1) is 0 Å². The van der Waals surface area contributed by atoms with Crippen molar-refractivity contribution in [2.75, 3.05) is 5.75 Å². The second-order valence-corrected chi connectivity index (χ2v) is 7.83. The van der Waals surface area contributed by atoms with E-state index in [9.17, 15) is 0 Å². The summed E-state index contributed by atoms with van der Waals surface area (Å²) in [5.41, 5.74) is 7.75. The van der Waals surface area contributed by atoms with Crippen molar-refractivity contribution in [2.24, 2.45) is 0 Å². The molecule has 29 heavy (non-hydrogen) atoms. The van der Waals surface area contributed by atoms with E-state index in [-0.39, 0.29) is 0 Å². The number of pyridine rings is 3. The minimum Gasteiger partial charge on any atom is -0.335 e. The van der Waals surface area contributed by atoms with E-state index < -0.39 is 0 Å². The third-order valence-corrected chi connectivity index (χ3v) is 5.99. The molecule has 6 heterocycles. The van der Waals surface area contributed by atoms with Gasteiger partial charge in [-0.3, -0.25) is 20.1 Å². The van der Waals surface area contributed by atoms with E-state index in [0.29, 0.717) is 0 Å². The van der Waals surface area contributed by atoms with Crippen LogP contribution in [0.2, 0.25) is 0 Å². The number of imidazole rings is 1. The molecule has 0 aromatic carbocycles. The van der Waals surface area contributed by atoms with Crippen LogP contribution in [-0.4, -0.2) is 40.9 Å². The topological polar surface area (TPSA) is 96.0 Å². The molecule has 5 aromatic heterocycles. The molecule has 0 unspecified atom stereocenters. The molecule has 0 atom stereocenters. The lowest BCUT2D eigenvalue weighted by Gasteiger charge is -2.01. The van der Waals surface area contributed by atoms with Crippen LogP contribution < -0.4 is 0 Å². The number of hydrogen-bond acceptors (Lipinski definition) is 6. The maximum Gasteiger partial charge on any atom is 0.159 e. The number of aromatic nitrogens is 7. The third-order valence-electron chi connectivity index (χ3n) is 5.10. The molecule has 0 amide bonds. The maximum absolute atomic E-state index is 4.89. The number of hydrogen-bond donors (Lipinski definition) is 2. The number of aromatic amines is 2. The Labute approximate surface area is 169 Å². The summed E-state index contributed by atoms with van der Waals surface area (Å²) >= 11 is 1.83. The molecule has 7 nitrogen and oxygen atoms in total. The van der Waals surface area contributed by atoms with Crippen molar-refractivity contribution < 1.29 is 0 Å². The molecule has 0 saturated heterocycles. The van der Waals surface area contributed by atoms with Crippen molar-refractivity contribution in [2.45, 2.75) is 6.42 Å². The minimum absolute atomic E-state index is 0.721. The number of allylic oxidation sites excluding steroid dienone is 1. The summed E-state index contributed by atoms with van der Waals surface area (Å²) in [5.74, 6) is 1.83. The predicted octanol–water partition coefficient (Wildman–Crippen LogP) is 4.44. The predicted molar refractivity (Wildman–Crippen MR) is 115 cm³/mol. The summed E-state index contributed by atoms with van der Waals surface area (Å²) in [5, 5.41) is 10.8. The number of nitrogens with zero attached hydrogens (tertiary/aromatic N) is 5. The third kappa shape index (κ3) is 2.72. The Morgan fingerprint density at radius 1 is 1.00 bits per heavy atom. The van der Waals surface area contributed by atoms with E-state index in [1.165, 1.54) is 5.57 Å². The van der Waals surface area contributed by atoms with E-state index in [2.05, 4.69) is 35.5 Å². The van der Waals surface area contributed by atoms with Gasteiger partial charge in [0.1, 0.15) is 5.69 Å². The zero-order valence-corrected chi connectivity index (χ0v) is 16.1. The zero-order chi connectivity index (χ0) is 19.2. The van der Waals surface area contributed by atoms with Gasteiger partial charge in [0, 0.05) is 40.9 Å². The quantitative estimate of drug-likeness (QED) is 0.467. The van der Waals surface area contributed by atoms with E-state index in [0.717, 1.165) is 62.4 Å². The number of rotatable bonds is 3. The highest BCUT2D eigenvalue weighted by Crippen LogP contribution is 2.35. The fourth-order valence-electron chi connectivity index (χ4n) is 3.64. The first-order chi connectivity index (χ1) is 14.4. The number of H-pyrrole nitrogens is 2. The summed E-state index contributed by atoms with van der Waals surface area (Å²) in [6.45, 7) is 0. The molecule has 0 aliphatic carbocycles. The van der Waals surface area contributed by atoms with E-state index in [1.807, 2.05) is 42.4 Å². The normalized spacial score (nSPS) is 14.0. The Bertz CT molecular complexity index is 1380. The summed E-state index contributed by atoms with van der Waals surface area (Å²) in [7, 11) is 0. The zero-order valence-electron chi connectivity index (χ0n) is 15.3. The first-order valence-electron chi connectivity index (χ1n) is 9.26. The van der Waals surface area contributed by atoms with Crippen molar-refractivity contribution in [3.05, 3.63) is 60.2 Å². The fourth-order valence-corrected chi connectivity index (χ4v) is 4.54. The molecule has 8 heteroatoms. The van der Waals surface area contributed by atoms with Gasteiger partial charge in [-0.05, 0) is 35.6 Å². The molecular weight excluding hydrogens is 382 g/mol. The van der Waals surface area contributed by atoms with Crippen LogP contribution in [0.15, 0.2) is 54.6 Å². The Hall–Kier alpha value is -3.52. The van der Waals surface area contributed by atoms with Gasteiger partial charge in [0.25, 0.3) is 0 Å². The molecule has 0 spiro atoms. The molecule has 0 fully saturated rings. The molecule has 0 radical (unpaired) electrons. The van der Waals surface area contributed by atoms with Crippen LogP contribution in [0.5, 0.6) is 0 Å². The molecule has 5 aromatic rings. The van der Waals surface area contributed by atoms with Gasteiger partial charge >= 0.3 is 0 Å². The van der Waals surface area contributed by atoms with E-state index in [1.54, 1.807) is 18.6 Å². The minimum atomic E-state index is 0.721. The highest BCUT2D eigenvalue weighted by atomic mass is 32.2. The lowest BCUT2D eigenvalue weighted by Crippen LogP contribution is -1.87. The van der Waals surface area contributed by atoms with Gasteiger partial charge in [-0.1, -0.05) is 0 Å². The summed E-state index contributed by atoms with van der Waals surface area (Å²) in [6.07, 6.45) is 10.1. The second kappa shape index (κ2) is 6.52. The Morgan fingerprint density at radius 3 is 2.79 bits per heavy atom. The molecule has 140 valence electrons. The maximum atomic E-state index is 4.89. The van der Waals surface area contributed by atoms with Crippen LogP contribution in [0.4, 0.5) is 0 Å². The van der Waals surface area contributed by atoms with Gasteiger partial charge in [-0.25, -0.2) is 4.98 Å². The lowest BCUT2D eigenvalue weighted by atomic mass is 10.1. The molecule has 1 aliphatic heterocycles. The number of nitrogens with one attached hydrogen (secondary N) is 2. The average molecular weight is 397 g/mol. The number of thioether (sulfide) groups is 1. The molecular formula is C21H15N7S. The van der Waals surface area contributed by atoms with Gasteiger partial charge in [-0.15, -0.1) is 11.8 Å². The molecule has 1 aliphatic rings. The second-order valence-electron chi connectivity index (χ2n) is 6.86.